The summed E-state index contributed by atoms with van der Waals surface area (Å²) in [6.07, 6.45) is 2.83. The summed E-state index contributed by atoms with van der Waals surface area (Å²) in [5, 5.41) is 5.31. The van der Waals surface area contributed by atoms with E-state index in [1.165, 1.54) is 16.3 Å². The van der Waals surface area contributed by atoms with Gasteiger partial charge in [0, 0.05) is 6.42 Å². The van der Waals surface area contributed by atoms with E-state index in [9.17, 15) is 4.79 Å². The second-order valence-corrected chi connectivity index (χ2v) is 4.99. The van der Waals surface area contributed by atoms with Gasteiger partial charge in [0.1, 0.15) is 5.76 Å². The van der Waals surface area contributed by atoms with E-state index >= 15 is 0 Å². The van der Waals surface area contributed by atoms with Crippen LogP contribution in [-0.2, 0) is 17.8 Å². The van der Waals surface area contributed by atoms with Crippen LogP contribution in [0.5, 0.6) is 0 Å². The molecule has 1 aromatic heterocycles. The topological polar surface area (TPSA) is 42.2 Å². The Morgan fingerprint density at radius 3 is 2.71 bits per heavy atom. The van der Waals surface area contributed by atoms with Gasteiger partial charge in [0.15, 0.2) is 0 Å². The first-order valence-electron chi connectivity index (χ1n) is 7.08. The number of hydrogen-bond donors (Lipinski definition) is 1. The Morgan fingerprint density at radius 1 is 1.00 bits per heavy atom. The predicted octanol–water partition coefficient (Wildman–Crippen LogP) is 3.68. The number of rotatable bonds is 5. The van der Waals surface area contributed by atoms with Gasteiger partial charge in [0.05, 0.1) is 12.8 Å². The van der Waals surface area contributed by atoms with Gasteiger partial charge in [0.2, 0.25) is 5.91 Å². The molecule has 0 unspecified atom stereocenters. The number of nitrogens with one attached hydrogen (secondary N) is 1. The molecule has 0 saturated heterocycles. The van der Waals surface area contributed by atoms with E-state index in [0.29, 0.717) is 13.0 Å². The Labute approximate surface area is 123 Å². The van der Waals surface area contributed by atoms with Gasteiger partial charge in [0.25, 0.3) is 0 Å². The summed E-state index contributed by atoms with van der Waals surface area (Å²) < 4.78 is 5.19. The van der Waals surface area contributed by atoms with Gasteiger partial charge in [-0.25, -0.2) is 0 Å². The van der Waals surface area contributed by atoms with Crippen LogP contribution in [0.25, 0.3) is 10.8 Å². The van der Waals surface area contributed by atoms with Gasteiger partial charge < -0.3 is 9.73 Å². The molecule has 2 aromatic carbocycles. The van der Waals surface area contributed by atoms with Crippen LogP contribution in [0.1, 0.15) is 17.7 Å². The van der Waals surface area contributed by atoms with Gasteiger partial charge >= 0.3 is 0 Å². The molecule has 0 fully saturated rings. The third-order valence-corrected chi connectivity index (χ3v) is 3.54. The Bertz CT molecular complexity index is 727. The molecule has 0 radical (unpaired) electrons. The van der Waals surface area contributed by atoms with Crippen molar-refractivity contribution < 1.29 is 9.21 Å². The molecule has 3 heteroatoms. The van der Waals surface area contributed by atoms with Crippen molar-refractivity contribution in [1.82, 2.24) is 5.32 Å². The molecule has 0 aliphatic rings. The molecule has 0 saturated carbocycles. The first-order valence-corrected chi connectivity index (χ1v) is 7.08. The second-order valence-electron chi connectivity index (χ2n) is 4.99. The fourth-order valence-corrected chi connectivity index (χ4v) is 2.45. The molecular weight excluding hydrogens is 262 g/mol. The highest BCUT2D eigenvalue weighted by Crippen LogP contribution is 2.19. The van der Waals surface area contributed by atoms with E-state index in [4.69, 9.17) is 4.42 Å². The van der Waals surface area contributed by atoms with E-state index in [0.717, 1.165) is 12.2 Å². The standard InChI is InChI=1S/C18H17NO2/c20-18(19-13-16-8-4-12-21-16)11-10-15-7-3-6-14-5-1-2-9-17(14)15/h1-9,12H,10-11,13H2,(H,19,20). The lowest BCUT2D eigenvalue weighted by atomic mass is 10.0. The Morgan fingerprint density at radius 2 is 1.86 bits per heavy atom. The normalized spacial score (nSPS) is 10.7. The molecule has 3 nitrogen and oxygen atoms in total. The van der Waals surface area contributed by atoms with Crippen molar-refractivity contribution in [2.45, 2.75) is 19.4 Å². The fraction of sp³-hybridized carbons (Fsp3) is 0.167. The molecular formula is C18H17NO2. The summed E-state index contributed by atoms with van der Waals surface area (Å²) in [6.45, 7) is 0.446. The number of benzene rings is 2. The largest absolute Gasteiger partial charge is 0.467 e. The summed E-state index contributed by atoms with van der Waals surface area (Å²) >= 11 is 0. The highest BCUT2D eigenvalue weighted by atomic mass is 16.3. The summed E-state index contributed by atoms with van der Waals surface area (Å²) in [7, 11) is 0. The molecule has 3 rings (SSSR count). The van der Waals surface area contributed by atoms with Gasteiger partial charge in [-0.15, -0.1) is 0 Å². The Hall–Kier alpha value is -2.55. The maximum atomic E-state index is 11.9. The van der Waals surface area contributed by atoms with E-state index in [2.05, 4.69) is 29.6 Å². The smallest absolute Gasteiger partial charge is 0.220 e. The third kappa shape index (κ3) is 3.31. The lowest BCUT2D eigenvalue weighted by molar-refractivity contribution is -0.121. The van der Waals surface area contributed by atoms with Gasteiger partial charge in [-0.05, 0) is 34.9 Å². The first-order chi connectivity index (χ1) is 10.3. The van der Waals surface area contributed by atoms with Crippen LogP contribution in [0.3, 0.4) is 0 Å². The van der Waals surface area contributed by atoms with Crippen LogP contribution in [0.2, 0.25) is 0 Å². The van der Waals surface area contributed by atoms with E-state index in [1.807, 2.05) is 30.3 Å². The summed E-state index contributed by atoms with van der Waals surface area (Å²) in [4.78, 5) is 11.9. The van der Waals surface area contributed by atoms with Gasteiger partial charge in [-0.1, -0.05) is 42.5 Å². The zero-order valence-corrected chi connectivity index (χ0v) is 11.7. The molecule has 106 valence electrons. The van der Waals surface area contributed by atoms with Crippen LogP contribution in [0, 0.1) is 0 Å². The number of furan rings is 1. The van der Waals surface area contributed by atoms with Crippen LogP contribution in [-0.4, -0.2) is 5.91 Å². The van der Waals surface area contributed by atoms with Crippen molar-refractivity contribution in [3.8, 4) is 0 Å². The van der Waals surface area contributed by atoms with E-state index in [-0.39, 0.29) is 5.91 Å². The van der Waals surface area contributed by atoms with Crippen LogP contribution >= 0.6 is 0 Å². The summed E-state index contributed by atoms with van der Waals surface area (Å²) in [5.41, 5.74) is 1.21. The SMILES string of the molecule is O=C(CCc1cccc2ccccc12)NCc1ccco1. The van der Waals surface area contributed by atoms with Crippen LogP contribution in [0.15, 0.2) is 65.3 Å². The lowest BCUT2D eigenvalue weighted by Gasteiger charge is -2.07. The molecule has 1 heterocycles. The van der Waals surface area contributed by atoms with Crippen LogP contribution in [0.4, 0.5) is 0 Å². The predicted molar refractivity (Wildman–Crippen MR) is 82.8 cm³/mol. The minimum atomic E-state index is 0.0411. The zero-order valence-electron chi connectivity index (χ0n) is 11.7. The quantitative estimate of drug-likeness (QED) is 0.774. The van der Waals surface area contributed by atoms with E-state index < -0.39 is 0 Å². The Balaban J connectivity index is 1.60. The van der Waals surface area contributed by atoms with Crippen molar-refractivity contribution in [3.05, 3.63) is 72.2 Å². The number of hydrogen-bond acceptors (Lipinski definition) is 2. The molecule has 0 aliphatic carbocycles. The maximum Gasteiger partial charge on any atom is 0.220 e. The van der Waals surface area contributed by atoms with E-state index in [1.54, 1.807) is 6.26 Å². The number of fused-ring (bicyclic) bond motifs is 1. The van der Waals surface area contributed by atoms with Gasteiger partial charge in [-0.3, -0.25) is 4.79 Å². The molecule has 0 spiro atoms. The molecule has 0 atom stereocenters. The maximum absolute atomic E-state index is 11.9. The molecule has 1 amide bonds. The monoisotopic (exact) mass is 279 g/mol. The first kappa shape index (κ1) is 13.4. The fourth-order valence-electron chi connectivity index (χ4n) is 2.45. The minimum Gasteiger partial charge on any atom is -0.467 e. The molecule has 1 N–H and O–H groups in total. The van der Waals surface area contributed by atoms with Crippen LogP contribution < -0.4 is 5.32 Å². The molecule has 0 aliphatic heterocycles. The molecule has 21 heavy (non-hydrogen) atoms. The lowest BCUT2D eigenvalue weighted by Crippen LogP contribution is -2.22. The molecule has 3 aromatic rings. The highest BCUT2D eigenvalue weighted by Gasteiger charge is 2.05. The average Bonchev–Trinajstić information content (AvgIpc) is 3.04. The van der Waals surface area contributed by atoms with Crippen molar-refractivity contribution >= 4 is 16.7 Å². The number of carbonyl (C=O) groups is 1. The number of amides is 1. The van der Waals surface area contributed by atoms with Crippen molar-refractivity contribution in [2.24, 2.45) is 0 Å². The summed E-state index contributed by atoms with van der Waals surface area (Å²) in [5.74, 6) is 0.813. The minimum absolute atomic E-state index is 0.0411. The van der Waals surface area contributed by atoms with Crippen molar-refractivity contribution in [2.75, 3.05) is 0 Å². The number of aryl methyl sites for hydroxylation is 1. The Kier molecular flexibility index (Phi) is 4.01. The number of carbonyl (C=O) groups excluding carboxylic acids is 1. The second kappa shape index (κ2) is 6.27. The summed E-state index contributed by atoms with van der Waals surface area (Å²) in [6, 6.07) is 18.1. The van der Waals surface area contributed by atoms with Crippen molar-refractivity contribution in [1.29, 1.82) is 0 Å². The third-order valence-electron chi connectivity index (χ3n) is 3.54. The van der Waals surface area contributed by atoms with Gasteiger partial charge in [-0.2, -0.15) is 0 Å². The average molecular weight is 279 g/mol. The van der Waals surface area contributed by atoms with Crippen molar-refractivity contribution in [3.63, 3.8) is 0 Å². The zero-order chi connectivity index (χ0) is 14.5. The highest BCUT2D eigenvalue weighted by molar-refractivity contribution is 5.86. The molecule has 0 bridgehead atoms.